The lowest BCUT2D eigenvalue weighted by atomic mass is 10.2. The molecule has 1 fully saturated rings. The van der Waals surface area contributed by atoms with Crippen LogP contribution in [0.2, 0.25) is 5.02 Å². The van der Waals surface area contributed by atoms with Crippen molar-refractivity contribution >= 4 is 40.6 Å². The lowest BCUT2D eigenvalue weighted by molar-refractivity contribution is 0.102. The summed E-state index contributed by atoms with van der Waals surface area (Å²) in [7, 11) is 0. The number of likely N-dealkylation sites (tertiary alicyclic amines) is 1. The average molecular weight is 438 g/mol. The van der Waals surface area contributed by atoms with Crippen LogP contribution in [0.5, 0.6) is 0 Å². The molecule has 3 rings (SSSR count). The second-order valence-electron chi connectivity index (χ2n) is 6.54. The van der Waals surface area contributed by atoms with Gasteiger partial charge in [0.2, 0.25) is 5.01 Å². The summed E-state index contributed by atoms with van der Waals surface area (Å²) in [5.41, 5.74) is 0.630. The first-order valence-corrected chi connectivity index (χ1v) is 10.8. The Hall–Kier alpha value is -2.23. The second-order valence-corrected chi connectivity index (χ2v) is 7.99. The molecule has 0 radical (unpaired) electrons. The van der Waals surface area contributed by atoms with E-state index in [2.05, 4.69) is 20.8 Å². The zero-order valence-electron chi connectivity index (χ0n) is 16.2. The monoisotopic (exact) mass is 437 g/mol. The molecule has 0 unspecified atom stereocenters. The highest BCUT2D eigenvalue weighted by atomic mass is 35.5. The molecule has 1 aromatic carbocycles. The van der Waals surface area contributed by atoms with E-state index in [9.17, 15) is 9.59 Å². The van der Waals surface area contributed by atoms with Crippen LogP contribution in [0, 0.1) is 0 Å². The first-order valence-electron chi connectivity index (χ1n) is 9.61. The predicted molar refractivity (Wildman–Crippen MR) is 113 cm³/mol. The third-order valence-corrected chi connectivity index (χ3v) is 5.76. The number of nitrogens with zero attached hydrogens (tertiary/aromatic N) is 3. The van der Waals surface area contributed by atoms with Gasteiger partial charge in [0.25, 0.3) is 5.91 Å². The Morgan fingerprint density at radius 1 is 1.31 bits per heavy atom. The normalized spacial score (nSPS) is 16.1. The highest BCUT2D eigenvalue weighted by Gasteiger charge is 2.33. The standard InChI is InChI=1S/C19H24ClN5O3S/c1-2-28-12-4-10-21-19(27)25-11-3-5-15(25)17-23-24-18(29-17)16(26)22-14-8-6-13(20)7-9-14/h6-9,15H,2-5,10-12H2,1H3,(H,21,27)(H,22,26)/t15-/m0/s1. The number of urea groups is 1. The van der Waals surface area contributed by atoms with Gasteiger partial charge >= 0.3 is 6.03 Å². The van der Waals surface area contributed by atoms with E-state index in [1.165, 1.54) is 11.3 Å². The minimum Gasteiger partial charge on any atom is -0.382 e. The number of halogens is 1. The molecular weight excluding hydrogens is 414 g/mol. The minimum absolute atomic E-state index is 0.119. The van der Waals surface area contributed by atoms with Crippen LogP contribution < -0.4 is 10.6 Å². The molecule has 1 aliphatic heterocycles. The van der Waals surface area contributed by atoms with Crippen LogP contribution in [0.15, 0.2) is 24.3 Å². The van der Waals surface area contributed by atoms with Gasteiger partial charge in [-0.25, -0.2) is 4.79 Å². The smallest absolute Gasteiger partial charge is 0.317 e. The van der Waals surface area contributed by atoms with E-state index in [1.807, 2.05) is 6.92 Å². The van der Waals surface area contributed by atoms with E-state index in [-0.39, 0.29) is 23.0 Å². The minimum atomic E-state index is -0.332. The Morgan fingerprint density at radius 2 is 2.10 bits per heavy atom. The molecule has 0 spiro atoms. The SMILES string of the molecule is CCOCCCNC(=O)N1CCC[C@H]1c1nnc(C(=O)Nc2ccc(Cl)cc2)s1. The quantitative estimate of drug-likeness (QED) is 0.613. The summed E-state index contributed by atoms with van der Waals surface area (Å²) in [5, 5.41) is 15.4. The Kier molecular flexibility index (Phi) is 7.79. The molecule has 3 amide bonds. The topological polar surface area (TPSA) is 96.4 Å². The maximum absolute atomic E-state index is 12.5. The summed E-state index contributed by atoms with van der Waals surface area (Å²) < 4.78 is 5.28. The Balaban J connectivity index is 1.57. The number of hydrogen-bond acceptors (Lipinski definition) is 6. The molecule has 156 valence electrons. The van der Waals surface area contributed by atoms with Crippen molar-refractivity contribution in [2.75, 3.05) is 31.6 Å². The van der Waals surface area contributed by atoms with Crippen LogP contribution in [0.1, 0.15) is 47.0 Å². The van der Waals surface area contributed by atoms with Gasteiger partial charge in [0, 0.05) is 37.0 Å². The van der Waals surface area contributed by atoms with E-state index in [4.69, 9.17) is 16.3 Å². The first kappa shape index (κ1) is 21.5. The van der Waals surface area contributed by atoms with Crippen molar-refractivity contribution in [2.45, 2.75) is 32.2 Å². The highest BCUT2D eigenvalue weighted by Crippen LogP contribution is 2.33. The van der Waals surface area contributed by atoms with Crippen molar-refractivity contribution in [2.24, 2.45) is 0 Å². The molecule has 2 N–H and O–H groups in total. The number of ether oxygens (including phenoxy) is 1. The summed E-state index contributed by atoms with van der Waals surface area (Å²) in [6, 6.07) is 6.56. The lowest BCUT2D eigenvalue weighted by Crippen LogP contribution is -2.40. The molecule has 0 aliphatic carbocycles. The molecule has 1 aliphatic rings. The van der Waals surface area contributed by atoms with Gasteiger partial charge < -0.3 is 20.3 Å². The Morgan fingerprint density at radius 3 is 2.86 bits per heavy atom. The van der Waals surface area contributed by atoms with E-state index in [0.717, 1.165) is 19.3 Å². The van der Waals surface area contributed by atoms with Gasteiger partial charge in [-0.1, -0.05) is 22.9 Å². The molecule has 1 saturated heterocycles. The zero-order valence-corrected chi connectivity index (χ0v) is 17.8. The van der Waals surface area contributed by atoms with Crippen LogP contribution in [-0.4, -0.2) is 53.3 Å². The van der Waals surface area contributed by atoms with Crippen molar-refractivity contribution < 1.29 is 14.3 Å². The molecule has 2 heterocycles. The van der Waals surface area contributed by atoms with Crippen molar-refractivity contribution in [3.8, 4) is 0 Å². The number of rotatable bonds is 8. The number of anilines is 1. The van der Waals surface area contributed by atoms with Crippen LogP contribution in [0.3, 0.4) is 0 Å². The molecule has 1 atom stereocenters. The summed E-state index contributed by atoms with van der Waals surface area (Å²) >= 11 is 7.07. The third-order valence-electron chi connectivity index (χ3n) is 4.48. The molecule has 0 saturated carbocycles. The maximum Gasteiger partial charge on any atom is 0.317 e. The number of hydrogen-bond donors (Lipinski definition) is 2. The third kappa shape index (κ3) is 5.88. The lowest BCUT2D eigenvalue weighted by Gasteiger charge is -2.23. The van der Waals surface area contributed by atoms with Gasteiger partial charge in [0.1, 0.15) is 5.01 Å². The van der Waals surface area contributed by atoms with Gasteiger partial charge in [-0.2, -0.15) is 0 Å². The van der Waals surface area contributed by atoms with Crippen molar-refractivity contribution in [1.82, 2.24) is 20.4 Å². The predicted octanol–water partition coefficient (Wildman–Crippen LogP) is 3.72. The number of aromatic nitrogens is 2. The van der Waals surface area contributed by atoms with Gasteiger partial charge in [0.05, 0.1) is 6.04 Å². The molecule has 1 aromatic heterocycles. The Labute approximate surface area is 178 Å². The van der Waals surface area contributed by atoms with Crippen LogP contribution in [-0.2, 0) is 4.74 Å². The summed E-state index contributed by atoms with van der Waals surface area (Å²) in [4.78, 5) is 26.7. The van der Waals surface area contributed by atoms with E-state index >= 15 is 0 Å². The summed E-state index contributed by atoms with van der Waals surface area (Å²) in [6.45, 7) is 4.47. The molecule has 0 bridgehead atoms. The number of carbonyl (C=O) groups is 2. The van der Waals surface area contributed by atoms with Gasteiger partial charge in [0.15, 0.2) is 0 Å². The fourth-order valence-electron chi connectivity index (χ4n) is 3.06. The fourth-order valence-corrected chi connectivity index (χ4v) is 4.07. The van der Waals surface area contributed by atoms with Gasteiger partial charge in [-0.05, 0) is 50.5 Å². The first-order chi connectivity index (χ1) is 14.1. The van der Waals surface area contributed by atoms with E-state index < -0.39 is 0 Å². The second kappa shape index (κ2) is 10.5. The van der Waals surface area contributed by atoms with Gasteiger partial charge in [-0.3, -0.25) is 4.79 Å². The molecular formula is C19H24ClN5O3S. The van der Waals surface area contributed by atoms with Crippen LogP contribution in [0.4, 0.5) is 10.5 Å². The summed E-state index contributed by atoms with van der Waals surface area (Å²) in [6.07, 6.45) is 2.47. The number of benzene rings is 1. The molecule has 29 heavy (non-hydrogen) atoms. The van der Waals surface area contributed by atoms with Crippen LogP contribution >= 0.6 is 22.9 Å². The molecule has 2 aromatic rings. The fraction of sp³-hybridized carbons (Fsp3) is 0.474. The average Bonchev–Trinajstić information content (AvgIpc) is 3.38. The summed E-state index contributed by atoms with van der Waals surface area (Å²) in [5.74, 6) is -0.332. The van der Waals surface area contributed by atoms with E-state index in [0.29, 0.717) is 42.0 Å². The number of nitrogens with one attached hydrogen (secondary N) is 2. The van der Waals surface area contributed by atoms with E-state index in [1.54, 1.807) is 29.2 Å². The molecule has 10 heteroatoms. The number of amides is 3. The van der Waals surface area contributed by atoms with Crippen molar-refractivity contribution in [1.29, 1.82) is 0 Å². The largest absolute Gasteiger partial charge is 0.382 e. The molecule has 8 nitrogen and oxygen atoms in total. The Bertz CT molecular complexity index is 830. The van der Waals surface area contributed by atoms with Crippen LogP contribution in [0.25, 0.3) is 0 Å². The highest BCUT2D eigenvalue weighted by molar-refractivity contribution is 7.13. The number of carbonyl (C=O) groups excluding carboxylic acids is 2. The maximum atomic E-state index is 12.5. The van der Waals surface area contributed by atoms with Crippen molar-refractivity contribution in [3.05, 3.63) is 39.3 Å². The zero-order chi connectivity index (χ0) is 20.6. The van der Waals surface area contributed by atoms with Gasteiger partial charge in [-0.15, -0.1) is 10.2 Å². The van der Waals surface area contributed by atoms with Crippen molar-refractivity contribution in [3.63, 3.8) is 0 Å².